The molecule has 1 aliphatic carbocycles. The molecule has 6 nitrogen and oxygen atoms in total. The van der Waals surface area contributed by atoms with Crippen LogP contribution in [0, 0.1) is 0 Å². The summed E-state index contributed by atoms with van der Waals surface area (Å²) in [7, 11) is 0. The van der Waals surface area contributed by atoms with Gasteiger partial charge in [-0.3, -0.25) is 0 Å². The van der Waals surface area contributed by atoms with Gasteiger partial charge in [-0.1, -0.05) is 25.7 Å². The van der Waals surface area contributed by atoms with E-state index in [-0.39, 0.29) is 5.95 Å². The predicted octanol–water partition coefficient (Wildman–Crippen LogP) is 3.19. The number of hydrogen-bond acceptors (Lipinski definition) is 4. The fourth-order valence-electron chi connectivity index (χ4n) is 2.49. The molecule has 0 bridgehead atoms. The lowest BCUT2D eigenvalue weighted by molar-refractivity contribution is 0.504. The summed E-state index contributed by atoms with van der Waals surface area (Å²) in [5, 5.41) is 4.14. The fourth-order valence-corrected chi connectivity index (χ4v) is 2.49. The van der Waals surface area contributed by atoms with E-state index in [2.05, 4.69) is 15.1 Å². The molecule has 4 heterocycles. The maximum atomic E-state index is 5.58. The van der Waals surface area contributed by atoms with Gasteiger partial charge in [0.25, 0.3) is 0 Å². The summed E-state index contributed by atoms with van der Waals surface area (Å²) in [4.78, 5) is 8.28. The minimum absolute atomic E-state index is 0.264. The molecule has 116 valence electrons. The summed E-state index contributed by atoms with van der Waals surface area (Å²) < 4.78 is 3.72. The maximum Gasteiger partial charge on any atom is 0.238 e. The molecular formula is C17H18N6. The highest BCUT2D eigenvalue weighted by atomic mass is 15.3. The first-order valence-electron chi connectivity index (χ1n) is 7.84. The Morgan fingerprint density at radius 1 is 0.957 bits per heavy atom. The average molecular weight is 306 g/mol. The molecule has 0 aliphatic heterocycles. The molecule has 23 heavy (non-hydrogen) atoms. The standard InChI is InChI=1S/C13H10N6.C4H8/c14-13-16-7-11-10(3-5-19(11)17-13)9-1-2-12-15-4-6-18(12)8-9;1-2-4-3-1/h1-8H,(H2,14,17);1-4H2. The number of nitrogen functional groups attached to an aromatic ring is 1. The molecule has 0 amide bonds. The molecule has 0 unspecified atom stereocenters. The van der Waals surface area contributed by atoms with E-state index in [0.29, 0.717) is 0 Å². The second kappa shape index (κ2) is 5.72. The van der Waals surface area contributed by atoms with Crippen molar-refractivity contribution in [1.82, 2.24) is 24.0 Å². The summed E-state index contributed by atoms with van der Waals surface area (Å²) in [6, 6.07) is 6.02. The van der Waals surface area contributed by atoms with Crippen molar-refractivity contribution in [3.8, 4) is 11.1 Å². The highest BCUT2D eigenvalue weighted by molar-refractivity contribution is 5.80. The summed E-state index contributed by atoms with van der Waals surface area (Å²) in [6.07, 6.45) is 15.3. The molecule has 0 spiro atoms. The second-order valence-corrected chi connectivity index (χ2v) is 5.70. The van der Waals surface area contributed by atoms with Gasteiger partial charge in [-0.15, -0.1) is 5.10 Å². The van der Waals surface area contributed by atoms with Crippen molar-refractivity contribution >= 4 is 17.1 Å². The number of pyridine rings is 1. The zero-order valence-corrected chi connectivity index (χ0v) is 12.8. The van der Waals surface area contributed by atoms with Gasteiger partial charge in [0.1, 0.15) is 5.65 Å². The molecule has 0 aromatic carbocycles. The van der Waals surface area contributed by atoms with Crippen molar-refractivity contribution in [2.75, 3.05) is 5.73 Å². The molecule has 1 aliphatic rings. The first kappa shape index (κ1) is 13.8. The van der Waals surface area contributed by atoms with E-state index in [1.807, 2.05) is 41.2 Å². The molecule has 1 fully saturated rings. The van der Waals surface area contributed by atoms with Crippen LogP contribution in [0.15, 0.2) is 49.2 Å². The van der Waals surface area contributed by atoms with E-state index in [4.69, 9.17) is 5.73 Å². The van der Waals surface area contributed by atoms with Crippen LogP contribution in [0.4, 0.5) is 5.95 Å². The smallest absolute Gasteiger partial charge is 0.238 e. The van der Waals surface area contributed by atoms with Crippen LogP contribution in [0.3, 0.4) is 0 Å². The van der Waals surface area contributed by atoms with Crippen LogP contribution in [0.2, 0.25) is 0 Å². The Labute approximate surface area is 133 Å². The van der Waals surface area contributed by atoms with Crippen LogP contribution in [-0.2, 0) is 0 Å². The zero-order valence-electron chi connectivity index (χ0n) is 12.8. The van der Waals surface area contributed by atoms with Gasteiger partial charge in [-0.05, 0) is 18.2 Å². The van der Waals surface area contributed by atoms with E-state index in [1.54, 1.807) is 16.9 Å². The Balaban J connectivity index is 0.000000297. The zero-order chi connectivity index (χ0) is 15.6. The van der Waals surface area contributed by atoms with E-state index in [1.165, 1.54) is 25.7 Å². The summed E-state index contributed by atoms with van der Waals surface area (Å²) in [5.41, 5.74) is 9.58. The predicted molar refractivity (Wildman–Crippen MR) is 90.1 cm³/mol. The lowest BCUT2D eigenvalue weighted by Crippen LogP contribution is -1.99. The lowest BCUT2D eigenvalue weighted by Gasteiger charge is -2.05. The van der Waals surface area contributed by atoms with E-state index in [9.17, 15) is 0 Å². The minimum atomic E-state index is 0.264. The van der Waals surface area contributed by atoms with Crippen molar-refractivity contribution in [2.45, 2.75) is 25.7 Å². The molecule has 0 saturated heterocycles. The molecule has 4 aromatic heterocycles. The van der Waals surface area contributed by atoms with Crippen molar-refractivity contribution in [1.29, 1.82) is 0 Å². The largest absolute Gasteiger partial charge is 0.367 e. The second-order valence-electron chi connectivity index (χ2n) is 5.70. The number of hydrogen-bond donors (Lipinski definition) is 1. The molecule has 6 heteroatoms. The van der Waals surface area contributed by atoms with Crippen molar-refractivity contribution in [2.24, 2.45) is 0 Å². The van der Waals surface area contributed by atoms with Gasteiger partial charge in [0.2, 0.25) is 5.95 Å². The van der Waals surface area contributed by atoms with Gasteiger partial charge in [-0.2, -0.15) is 0 Å². The third-order valence-electron chi connectivity index (χ3n) is 4.13. The molecule has 0 radical (unpaired) electrons. The monoisotopic (exact) mass is 306 g/mol. The van der Waals surface area contributed by atoms with Crippen molar-refractivity contribution in [3.05, 3.63) is 49.2 Å². The van der Waals surface area contributed by atoms with Gasteiger partial charge in [0.05, 0.1) is 11.7 Å². The third kappa shape index (κ3) is 2.63. The number of rotatable bonds is 1. The molecular weight excluding hydrogens is 288 g/mol. The molecule has 0 atom stereocenters. The topological polar surface area (TPSA) is 73.5 Å². The molecule has 5 rings (SSSR count). The van der Waals surface area contributed by atoms with Gasteiger partial charge in [0.15, 0.2) is 0 Å². The summed E-state index contributed by atoms with van der Waals surface area (Å²) in [5.74, 6) is 0.264. The van der Waals surface area contributed by atoms with Crippen LogP contribution in [0.25, 0.3) is 22.3 Å². The third-order valence-corrected chi connectivity index (χ3v) is 4.13. The van der Waals surface area contributed by atoms with Crippen LogP contribution >= 0.6 is 0 Å². The Hall–Kier alpha value is -2.89. The molecule has 1 saturated carbocycles. The lowest BCUT2D eigenvalue weighted by atomic mass is 10.0. The van der Waals surface area contributed by atoms with Gasteiger partial charge in [-0.25, -0.2) is 14.5 Å². The molecule has 4 aromatic rings. The van der Waals surface area contributed by atoms with Gasteiger partial charge >= 0.3 is 0 Å². The minimum Gasteiger partial charge on any atom is -0.367 e. The number of anilines is 1. The maximum absolute atomic E-state index is 5.58. The van der Waals surface area contributed by atoms with Crippen molar-refractivity contribution in [3.63, 3.8) is 0 Å². The summed E-state index contributed by atoms with van der Waals surface area (Å²) in [6.45, 7) is 0. The number of fused-ring (bicyclic) bond motifs is 2. The first-order valence-corrected chi connectivity index (χ1v) is 7.84. The van der Waals surface area contributed by atoms with Crippen LogP contribution < -0.4 is 5.73 Å². The number of imidazole rings is 1. The van der Waals surface area contributed by atoms with Crippen LogP contribution in [0.1, 0.15) is 25.7 Å². The first-order chi connectivity index (χ1) is 11.3. The van der Waals surface area contributed by atoms with Crippen LogP contribution in [0.5, 0.6) is 0 Å². The van der Waals surface area contributed by atoms with Gasteiger partial charge < -0.3 is 10.1 Å². The average Bonchev–Trinajstić information content (AvgIpc) is 3.10. The Morgan fingerprint density at radius 3 is 2.57 bits per heavy atom. The Kier molecular flexibility index (Phi) is 3.42. The van der Waals surface area contributed by atoms with E-state index >= 15 is 0 Å². The fraction of sp³-hybridized carbons (Fsp3) is 0.235. The normalized spacial score (nSPS) is 13.6. The SMILES string of the molecule is C1CCC1.Nc1ncc2c(-c3ccc4nccn4c3)ccn2n1. The number of aromatic nitrogens is 5. The number of nitrogens with two attached hydrogens (primary N) is 1. The van der Waals surface area contributed by atoms with E-state index < -0.39 is 0 Å². The number of nitrogens with zero attached hydrogens (tertiary/aromatic N) is 5. The quantitative estimate of drug-likeness (QED) is 0.586. The van der Waals surface area contributed by atoms with E-state index in [0.717, 1.165) is 22.3 Å². The van der Waals surface area contributed by atoms with Crippen molar-refractivity contribution < 1.29 is 0 Å². The summed E-state index contributed by atoms with van der Waals surface area (Å²) >= 11 is 0. The van der Waals surface area contributed by atoms with Crippen LogP contribution in [-0.4, -0.2) is 24.0 Å². The van der Waals surface area contributed by atoms with Gasteiger partial charge in [0, 0.05) is 35.9 Å². The Bertz CT molecular complexity index is 944. The highest BCUT2D eigenvalue weighted by Crippen LogP contribution is 2.25. The molecule has 2 N–H and O–H groups in total. The highest BCUT2D eigenvalue weighted by Gasteiger charge is 2.07. The Morgan fingerprint density at radius 2 is 1.78 bits per heavy atom.